The summed E-state index contributed by atoms with van der Waals surface area (Å²) < 4.78 is 31.7. The van der Waals surface area contributed by atoms with Crippen LogP contribution in [0.5, 0.6) is 0 Å². The first-order valence-electron chi connectivity index (χ1n) is 7.84. The van der Waals surface area contributed by atoms with Gasteiger partial charge in [0.05, 0.1) is 39.1 Å². The van der Waals surface area contributed by atoms with E-state index in [1.165, 1.54) is 0 Å². The molecule has 0 aromatic rings. The molecule has 0 rings (SSSR count). The second kappa shape index (κ2) is 15.9. The minimum Gasteiger partial charge on any atom is -0.460 e. The molecule has 0 heterocycles. The van der Waals surface area contributed by atoms with Crippen molar-refractivity contribution in [2.75, 3.05) is 53.4 Å². The largest absolute Gasteiger partial charge is 0.460 e. The molecular formula is C16H30O7. The van der Waals surface area contributed by atoms with Crippen LogP contribution in [0.15, 0.2) is 12.7 Å². The van der Waals surface area contributed by atoms with E-state index >= 15 is 0 Å². The summed E-state index contributed by atoms with van der Waals surface area (Å²) in [4.78, 5) is 10.8. The molecule has 0 spiro atoms. The number of carbonyl (C=O) groups is 1. The summed E-state index contributed by atoms with van der Waals surface area (Å²) in [5.74, 6) is -0.456. The Morgan fingerprint density at radius 3 is 2.35 bits per heavy atom. The molecule has 0 saturated carbocycles. The Kier molecular flexibility index (Phi) is 15.2. The number of esters is 1. The normalized spacial score (nSPS) is 13.5. The van der Waals surface area contributed by atoms with Gasteiger partial charge in [0.25, 0.3) is 0 Å². The van der Waals surface area contributed by atoms with Crippen molar-refractivity contribution in [3.05, 3.63) is 12.7 Å². The highest BCUT2D eigenvalue weighted by atomic mass is 16.7. The monoisotopic (exact) mass is 334 g/mol. The third kappa shape index (κ3) is 14.3. The lowest BCUT2D eigenvalue weighted by Crippen LogP contribution is -2.25. The maximum absolute atomic E-state index is 10.8. The lowest BCUT2D eigenvalue weighted by molar-refractivity contribution is -0.155. The summed E-state index contributed by atoms with van der Waals surface area (Å²) in [7, 11) is 1.59. The standard InChI is InChI=1S/C16H30O7/c1-5-15(17)22-11-8-20-9-12-23-16(18-4)13-14(3)21-10-7-19-6-2/h5,14,16H,1,6-13H2,2-4H3. The van der Waals surface area contributed by atoms with Crippen molar-refractivity contribution in [1.82, 2.24) is 0 Å². The molecule has 0 aliphatic rings. The van der Waals surface area contributed by atoms with Crippen molar-refractivity contribution >= 4 is 5.97 Å². The van der Waals surface area contributed by atoms with Crippen LogP contribution in [0.3, 0.4) is 0 Å². The lowest BCUT2D eigenvalue weighted by atomic mass is 10.3. The smallest absolute Gasteiger partial charge is 0.330 e. The SMILES string of the molecule is C=CC(=O)OCCOCCOC(CC(C)OCCOCC)OC. The second-order valence-electron chi connectivity index (χ2n) is 4.63. The van der Waals surface area contributed by atoms with Gasteiger partial charge < -0.3 is 28.4 Å². The summed E-state index contributed by atoms with van der Waals surface area (Å²) >= 11 is 0. The second-order valence-corrected chi connectivity index (χ2v) is 4.63. The molecule has 0 aliphatic carbocycles. The Bertz CT molecular complexity index is 296. The van der Waals surface area contributed by atoms with Crippen LogP contribution in [0.1, 0.15) is 20.3 Å². The Labute approximate surface area is 138 Å². The molecule has 7 heteroatoms. The highest BCUT2D eigenvalue weighted by molar-refractivity contribution is 5.81. The zero-order valence-electron chi connectivity index (χ0n) is 14.5. The van der Waals surface area contributed by atoms with E-state index in [0.29, 0.717) is 46.1 Å². The van der Waals surface area contributed by atoms with Gasteiger partial charge in [-0.1, -0.05) is 6.58 Å². The van der Waals surface area contributed by atoms with Crippen LogP contribution in [0.2, 0.25) is 0 Å². The van der Waals surface area contributed by atoms with E-state index in [4.69, 9.17) is 28.4 Å². The summed E-state index contributed by atoms with van der Waals surface area (Å²) in [6, 6.07) is 0. The van der Waals surface area contributed by atoms with Crippen molar-refractivity contribution in [2.24, 2.45) is 0 Å². The average Bonchev–Trinajstić information content (AvgIpc) is 2.56. The van der Waals surface area contributed by atoms with Crippen LogP contribution < -0.4 is 0 Å². The van der Waals surface area contributed by atoms with Crippen molar-refractivity contribution in [2.45, 2.75) is 32.7 Å². The molecule has 0 aliphatic heterocycles. The van der Waals surface area contributed by atoms with Gasteiger partial charge in [0, 0.05) is 26.2 Å². The van der Waals surface area contributed by atoms with Gasteiger partial charge in [-0.25, -0.2) is 4.79 Å². The highest BCUT2D eigenvalue weighted by Gasteiger charge is 2.13. The maximum Gasteiger partial charge on any atom is 0.330 e. The minimum atomic E-state index is -0.456. The Morgan fingerprint density at radius 2 is 1.70 bits per heavy atom. The van der Waals surface area contributed by atoms with Gasteiger partial charge in [0.2, 0.25) is 0 Å². The van der Waals surface area contributed by atoms with Gasteiger partial charge in [-0.05, 0) is 13.8 Å². The number of carbonyl (C=O) groups excluding carboxylic acids is 1. The lowest BCUT2D eigenvalue weighted by Gasteiger charge is -2.20. The highest BCUT2D eigenvalue weighted by Crippen LogP contribution is 2.07. The van der Waals surface area contributed by atoms with Gasteiger partial charge in [-0.15, -0.1) is 0 Å². The fourth-order valence-corrected chi connectivity index (χ4v) is 1.62. The van der Waals surface area contributed by atoms with Gasteiger partial charge in [-0.2, -0.15) is 0 Å². The fourth-order valence-electron chi connectivity index (χ4n) is 1.62. The summed E-state index contributed by atoms with van der Waals surface area (Å²) in [6.07, 6.45) is 1.41. The molecule has 0 fully saturated rings. The van der Waals surface area contributed by atoms with Crippen molar-refractivity contribution < 1.29 is 33.2 Å². The third-order valence-electron chi connectivity index (χ3n) is 2.79. The van der Waals surface area contributed by atoms with Crippen LogP contribution in [-0.4, -0.2) is 71.7 Å². The predicted octanol–water partition coefficient (Wildman–Crippen LogP) is 1.55. The van der Waals surface area contributed by atoms with E-state index in [1.54, 1.807) is 7.11 Å². The molecular weight excluding hydrogens is 304 g/mol. The number of ether oxygens (including phenoxy) is 6. The van der Waals surface area contributed by atoms with E-state index in [1.807, 2.05) is 13.8 Å². The first kappa shape index (κ1) is 22.0. The third-order valence-corrected chi connectivity index (χ3v) is 2.79. The molecule has 23 heavy (non-hydrogen) atoms. The van der Waals surface area contributed by atoms with Crippen LogP contribution in [0, 0.1) is 0 Å². The van der Waals surface area contributed by atoms with Gasteiger partial charge in [0.15, 0.2) is 6.29 Å². The van der Waals surface area contributed by atoms with E-state index in [9.17, 15) is 4.79 Å². The zero-order chi connectivity index (χ0) is 17.3. The molecule has 0 radical (unpaired) electrons. The fraction of sp³-hybridized carbons (Fsp3) is 0.812. The van der Waals surface area contributed by atoms with Gasteiger partial charge in [0.1, 0.15) is 6.61 Å². The van der Waals surface area contributed by atoms with Crippen LogP contribution in [0.25, 0.3) is 0 Å². The number of rotatable bonds is 16. The number of methoxy groups -OCH3 is 1. The van der Waals surface area contributed by atoms with E-state index in [0.717, 1.165) is 6.08 Å². The molecule has 0 N–H and O–H groups in total. The summed E-state index contributed by atoms with van der Waals surface area (Å²) in [5, 5.41) is 0. The quantitative estimate of drug-likeness (QED) is 0.183. The topological polar surface area (TPSA) is 72.5 Å². The van der Waals surface area contributed by atoms with Crippen molar-refractivity contribution in [3.63, 3.8) is 0 Å². The summed E-state index contributed by atoms with van der Waals surface area (Å²) in [5.41, 5.74) is 0. The Morgan fingerprint density at radius 1 is 1.04 bits per heavy atom. The maximum atomic E-state index is 10.8. The molecule has 136 valence electrons. The Hall–Kier alpha value is -0.990. The molecule has 7 nitrogen and oxygen atoms in total. The first-order valence-corrected chi connectivity index (χ1v) is 7.84. The Balaban J connectivity index is 3.57. The molecule has 0 saturated heterocycles. The van der Waals surface area contributed by atoms with Gasteiger partial charge >= 0.3 is 5.97 Å². The zero-order valence-corrected chi connectivity index (χ0v) is 14.5. The van der Waals surface area contributed by atoms with Gasteiger partial charge in [-0.3, -0.25) is 0 Å². The summed E-state index contributed by atoms with van der Waals surface area (Å²) in [6.45, 7) is 10.3. The van der Waals surface area contributed by atoms with E-state index < -0.39 is 5.97 Å². The van der Waals surface area contributed by atoms with Crippen molar-refractivity contribution in [1.29, 1.82) is 0 Å². The molecule has 0 aromatic carbocycles. The van der Waals surface area contributed by atoms with Crippen LogP contribution in [-0.2, 0) is 33.2 Å². The number of hydrogen-bond acceptors (Lipinski definition) is 7. The molecule has 0 amide bonds. The van der Waals surface area contributed by atoms with E-state index in [2.05, 4.69) is 6.58 Å². The molecule has 2 atom stereocenters. The minimum absolute atomic E-state index is 0.0136. The number of hydrogen-bond donors (Lipinski definition) is 0. The molecule has 2 unspecified atom stereocenters. The van der Waals surface area contributed by atoms with Crippen LogP contribution >= 0.6 is 0 Å². The van der Waals surface area contributed by atoms with Crippen LogP contribution in [0.4, 0.5) is 0 Å². The predicted molar refractivity (Wildman–Crippen MR) is 85.2 cm³/mol. The first-order chi connectivity index (χ1) is 11.1. The molecule has 0 bridgehead atoms. The van der Waals surface area contributed by atoms with Crippen molar-refractivity contribution in [3.8, 4) is 0 Å². The van der Waals surface area contributed by atoms with E-state index in [-0.39, 0.29) is 19.0 Å². The average molecular weight is 334 g/mol. The molecule has 0 aromatic heterocycles.